The Morgan fingerprint density at radius 2 is 0.895 bits per heavy atom. The fourth-order valence-corrected chi connectivity index (χ4v) is 10.6. The van der Waals surface area contributed by atoms with Crippen molar-refractivity contribution in [2.45, 2.75) is 0 Å². The zero-order valence-electron chi connectivity index (χ0n) is 30.5. The van der Waals surface area contributed by atoms with Crippen molar-refractivity contribution in [2.75, 3.05) is 0 Å². The van der Waals surface area contributed by atoms with Crippen LogP contribution in [-0.4, -0.2) is 19.1 Å². The molecule has 0 aliphatic rings. The van der Waals surface area contributed by atoms with E-state index in [2.05, 4.69) is 191 Å². The van der Waals surface area contributed by atoms with Crippen LogP contribution in [0.1, 0.15) is 0 Å². The summed E-state index contributed by atoms with van der Waals surface area (Å²) in [5.74, 6) is 0.658. The van der Waals surface area contributed by atoms with E-state index in [0.29, 0.717) is 5.95 Å². The van der Waals surface area contributed by atoms with Gasteiger partial charge < -0.3 is 4.57 Å². The molecule has 0 radical (unpaired) electrons. The van der Waals surface area contributed by atoms with Crippen molar-refractivity contribution >= 4 is 108 Å². The molecule has 0 bridgehead atoms. The quantitative estimate of drug-likeness (QED) is 0.169. The summed E-state index contributed by atoms with van der Waals surface area (Å²) >= 11 is 1.86. The number of benzene rings is 9. The fourth-order valence-electron chi connectivity index (χ4n) is 9.53. The van der Waals surface area contributed by atoms with Crippen molar-refractivity contribution in [3.8, 4) is 22.9 Å². The molecule has 13 aromatic rings. The summed E-state index contributed by atoms with van der Waals surface area (Å²) in [6.07, 6.45) is 0. The highest BCUT2D eigenvalue weighted by atomic mass is 32.1. The molecule has 0 atom stereocenters. The molecule has 0 aliphatic heterocycles. The van der Waals surface area contributed by atoms with Crippen molar-refractivity contribution in [3.05, 3.63) is 182 Å². The largest absolute Gasteiger partial charge is 0.309 e. The Labute approximate surface area is 330 Å². The average molecular weight is 743 g/mol. The number of aromatic nitrogens is 4. The maximum atomic E-state index is 5.57. The maximum Gasteiger partial charge on any atom is 0.235 e. The summed E-state index contributed by atoms with van der Waals surface area (Å²) in [5.41, 5.74) is 8.61. The van der Waals surface area contributed by atoms with Gasteiger partial charge in [-0.05, 0) is 64.7 Å². The van der Waals surface area contributed by atoms with Crippen LogP contribution in [0.2, 0.25) is 0 Å². The molecule has 0 saturated carbocycles. The first-order valence-corrected chi connectivity index (χ1v) is 20.2. The summed E-state index contributed by atoms with van der Waals surface area (Å²) in [6.45, 7) is 0. The van der Waals surface area contributed by atoms with Gasteiger partial charge in [0, 0.05) is 63.7 Å². The van der Waals surface area contributed by atoms with Crippen molar-refractivity contribution in [2.24, 2.45) is 0 Å². The first-order valence-electron chi connectivity index (χ1n) is 19.3. The molecule has 4 nitrogen and oxygen atoms in total. The molecule has 5 heteroatoms. The Bertz CT molecular complexity index is 3810. The minimum Gasteiger partial charge on any atom is -0.309 e. The Balaban J connectivity index is 1.16. The minimum absolute atomic E-state index is 0.658. The molecule has 4 aromatic heterocycles. The van der Waals surface area contributed by atoms with E-state index in [9.17, 15) is 0 Å². The van der Waals surface area contributed by atoms with E-state index in [0.717, 1.165) is 49.7 Å². The average Bonchev–Trinajstić information content (AvgIpc) is 3.94. The molecule has 0 aliphatic carbocycles. The summed E-state index contributed by atoms with van der Waals surface area (Å²) in [7, 11) is 0. The molecule has 0 unspecified atom stereocenters. The van der Waals surface area contributed by atoms with Gasteiger partial charge in [-0.15, -0.1) is 11.3 Å². The van der Waals surface area contributed by atoms with Gasteiger partial charge in [0.15, 0.2) is 0 Å². The lowest BCUT2D eigenvalue weighted by Gasteiger charge is -2.16. The molecule has 0 fully saturated rings. The molecule has 4 heterocycles. The predicted molar refractivity (Wildman–Crippen MR) is 242 cm³/mol. The zero-order chi connectivity index (χ0) is 37.2. The smallest absolute Gasteiger partial charge is 0.235 e. The first kappa shape index (κ1) is 30.9. The van der Waals surface area contributed by atoms with Crippen LogP contribution in [0.4, 0.5) is 0 Å². The highest BCUT2D eigenvalue weighted by Gasteiger charge is 2.24. The first-order chi connectivity index (χ1) is 28.3. The topological polar surface area (TPSA) is 35.6 Å². The SMILES string of the molecule is c1ccc(-c2nc(-n3c4ccccc4c4c5c6ccccc6n(-c6ccc7sc8ccccc8c7c6)c5ccc43)nc3c4ccccc4c4ccccc4c23)cc1. The molecule has 0 saturated heterocycles. The van der Waals surface area contributed by atoms with Gasteiger partial charge in [0.05, 0.1) is 33.3 Å². The lowest BCUT2D eigenvalue weighted by Crippen LogP contribution is -2.04. The van der Waals surface area contributed by atoms with Gasteiger partial charge in [-0.3, -0.25) is 4.57 Å². The van der Waals surface area contributed by atoms with Crippen molar-refractivity contribution in [1.82, 2.24) is 19.1 Å². The second kappa shape index (κ2) is 11.6. The Hall–Kier alpha value is -7.34. The van der Waals surface area contributed by atoms with Crippen LogP contribution in [0.5, 0.6) is 0 Å². The van der Waals surface area contributed by atoms with Crippen LogP contribution < -0.4 is 0 Å². The molecule has 264 valence electrons. The second-order valence-electron chi connectivity index (χ2n) is 14.9. The maximum absolute atomic E-state index is 5.57. The summed E-state index contributed by atoms with van der Waals surface area (Å²) in [6, 6.07) is 65.7. The number of hydrogen-bond acceptors (Lipinski definition) is 3. The Morgan fingerprint density at radius 1 is 0.351 bits per heavy atom. The van der Waals surface area contributed by atoms with Gasteiger partial charge >= 0.3 is 0 Å². The normalized spacial score (nSPS) is 12.2. The molecule has 0 spiro atoms. The zero-order valence-corrected chi connectivity index (χ0v) is 31.3. The molecule has 0 N–H and O–H groups in total. The predicted octanol–water partition coefficient (Wildman–Crippen LogP) is 14.2. The van der Waals surface area contributed by atoms with E-state index in [4.69, 9.17) is 9.97 Å². The van der Waals surface area contributed by atoms with Crippen LogP contribution in [0.15, 0.2) is 182 Å². The number of nitrogens with zero attached hydrogens (tertiary/aromatic N) is 4. The van der Waals surface area contributed by atoms with Gasteiger partial charge in [-0.1, -0.05) is 133 Å². The third-order valence-electron chi connectivity index (χ3n) is 11.9. The van der Waals surface area contributed by atoms with E-state index >= 15 is 0 Å². The number of rotatable bonds is 3. The van der Waals surface area contributed by atoms with E-state index in [-0.39, 0.29) is 0 Å². The van der Waals surface area contributed by atoms with Crippen LogP contribution in [0, 0.1) is 0 Å². The highest BCUT2D eigenvalue weighted by molar-refractivity contribution is 7.25. The van der Waals surface area contributed by atoms with E-state index < -0.39 is 0 Å². The monoisotopic (exact) mass is 742 g/mol. The summed E-state index contributed by atoms with van der Waals surface area (Å²) in [5, 5.41) is 13.2. The van der Waals surface area contributed by atoms with E-state index in [1.807, 2.05) is 11.3 Å². The molecule has 57 heavy (non-hydrogen) atoms. The van der Waals surface area contributed by atoms with Gasteiger partial charge in [0.2, 0.25) is 5.95 Å². The number of hydrogen-bond donors (Lipinski definition) is 0. The standard InChI is InChI=1S/C52H30N4S/c1-2-14-31(15-3-1)50-49-36-19-6-4-16-33(36)34-17-5-7-20-37(34)51(49)54-52(53-50)56-42-24-12-9-22-39(42)48-44(56)28-27-43-47(48)38-21-8-11-23-41(38)55(43)32-26-29-46-40(30-32)35-18-10-13-25-45(35)57-46/h1-30H. The highest BCUT2D eigenvalue weighted by Crippen LogP contribution is 2.45. The van der Waals surface area contributed by atoms with Gasteiger partial charge in [-0.2, -0.15) is 0 Å². The van der Waals surface area contributed by atoms with Crippen molar-refractivity contribution in [1.29, 1.82) is 0 Å². The van der Waals surface area contributed by atoms with Crippen LogP contribution >= 0.6 is 11.3 Å². The molecular formula is C52H30N4S. The number of thiophene rings is 1. The lowest BCUT2D eigenvalue weighted by molar-refractivity contribution is 1.02. The van der Waals surface area contributed by atoms with E-state index in [1.165, 1.54) is 63.5 Å². The van der Waals surface area contributed by atoms with Crippen LogP contribution in [-0.2, 0) is 0 Å². The van der Waals surface area contributed by atoms with Crippen LogP contribution in [0.25, 0.3) is 119 Å². The van der Waals surface area contributed by atoms with Crippen LogP contribution in [0.3, 0.4) is 0 Å². The van der Waals surface area contributed by atoms with Crippen molar-refractivity contribution < 1.29 is 0 Å². The third-order valence-corrected chi connectivity index (χ3v) is 13.1. The summed E-state index contributed by atoms with van der Waals surface area (Å²) in [4.78, 5) is 11.1. The fraction of sp³-hybridized carbons (Fsp3) is 0. The van der Waals surface area contributed by atoms with Gasteiger partial charge in [0.25, 0.3) is 0 Å². The van der Waals surface area contributed by atoms with Gasteiger partial charge in [0.1, 0.15) is 0 Å². The third kappa shape index (κ3) is 4.26. The molecule has 0 amide bonds. The molecule has 9 aromatic carbocycles. The number of fused-ring (bicyclic) bond motifs is 16. The number of para-hydroxylation sites is 2. The Kier molecular flexibility index (Phi) is 6.29. The molecular weight excluding hydrogens is 713 g/mol. The van der Waals surface area contributed by atoms with Crippen molar-refractivity contribution in [3.63, 3.8) is 0 Å². The Morgan fingerprint density at radius 3 is 1.63 bits per heavy atom. The van der Waals surface area contributed by atoms with Gasteiger partial charge in [-0.25, -0.2) is 9.97 Å². The lowest BCUT2D eigenvalue weighted by atomic mass is 9.94. The van der Waals surface area contributed by atoms with E-state index in [1.54, 1.807) is 0 Å². The second-order valence-corrected chi connectivity index (χ2v) is 16.0. The molecule has 13 rings (SSSR count). The summed E-state index contributed by atoms with van der Waals surface area (Å²) < 4.78 is 7.35. The minimum atomic E-state index is 0.658.